The standard InChI is InChI=1S/C14H13F3N4O4/c1-20-11(23)12(24)21(13(20)25)6-10(22)19-9-3-7(5-18)2-8(4-9)14(15,16)17/h2-4H,5-6,18H2,1H3,(H,19,22). The van der Waals surface area contributed by atoms with Gasteiger partial charge < -0.3 is 11.1 Å². The van der Waals surface area contributed by atoms with E-state index in [0.29, 0.717) is 15.9 Å². The first-order chi connectivity index (χ1) is 11.5. The molecule has 11 heteroatoms. The van der Waals surface area contributed by atoms with Crippen molar-refractivity contribution in [3.8, 4) is 0 Å². The molecule has 0 aliphatic carbocycles. The number of hydrogen-bond donors (Lipinski definition) is 2. The Morgan fingerprint density at radius 3 is 2.28 bits per heavy atom. The van der Waals surface area contributed by atoms with Crippen LogP contribution in [0.4, 0.5) is 23.7 Å². The van der Waals surface area contributed by atoms with Crippen LogP contribution < -0.4 is 11.1 Å². The van der Waals surface area contributed by atoms with E-state index in [-0.39, 0.29) is 17.8 Å². The predicted molar refractivity (Wildman–Crippen MR) is 77.8 cm³/mol. The average molecular weight is 358 g/mol. The Kier molecular flexibility index (Phi) is 4.79. The maximum absolute atomic E-state index is 12.8. The number of urea groups is 1. The molecular weight excluding hydrogens is 345 g/mol. The smallest absolute Gasteiger partial charge is 0.326 e. The van der Waals surface area contributed by atoms with Crippen LogP contribution in [0, 0.1) is 0 Å². The number of rotatable bonds is 4. The first-order valence-electron chi connectivity index (χ1n) is 6.89. The van der Waals surface area contributed by atoms with Crippen molar-refractivity contribution >= 4 is 29.4 Å². The highest BCUT2D eigenvalue weighted by atomic mass is 19.4. The van der Waals surface area contributed by atoms with Gasteiger partial charge in [0.1, 0.15) is 6.54 Å². The van der Waals surface area contributed by atoms with Crippen LogP contribution in [0.15, 0.2) is 18.2 Å². The Bertz CT molecular complexity index is 763. The van der Waals surface area contributed by atoms with Gasteiger partial charge in [-0.05, 0) is 23.8 Å². The Hall–Kier alpha value is -2.95. The normalized spacial score (nSPS) is 15.2. The fourth-order valence-electron chi connectivity index (χ4n) is 2.14. The number of nitrogens with zero attached hydrogens (tertiary/aromatic N) is 2. The number of amides is 5. The van der Waals surface area contributed by atoms with Crippen molar-refractivity contribution in [2.24, 2.45) is 5.73 Å². The van der Waals surface area contributed by atoms with Gasteiger partial charge in [0.2, 0.25) is 5.91 Å². The summed E-state index contributed by atoms with van der Waals surface area (Å²) in [7, 11) is 1.07. The van der Waals surface area contributed by atoms with Gasteiger partial charge in [-0.25, -0.2) is 9.69 Å². The van der Waals surface area contributed by atoms with Crippen LogP contribution in [0.5, 0.6) is 0 Å². The van der Waals surface area contributed by atoms with Crippen molar-refractivity contribution in [1.82, 2.24) is 9.80 Å². The lowest BCUT2D eigenvalue weighted by Crippen LogP contribution is -2.38. The van der Waals surface area contributed by atoms with Crippen LogP contribution in [0.3, 0.4) is 0 Å². The SMILES string of the molecule is CN1C(=O)C(=O)N(CC(=O)Nc2cc(CN)cc(C(F)(F)F)c2)C1=O. The Morgan fingerprint density at radius 1 is 1.16 bits per heavy atom. The van der Waals surface area contributed by atoms with Gasteiger partial charge in [-0.2, -0.15) is 13.2 Å². The van der Waals surface area contributed by atoms with Gasteiger partial charge in [-0.3, -0.25) is 19.3 Å². The van der Waals surface area contributed by atoms with Crippen molar-refractivity contribution in [3.05, 3.63) is 29.3 Å². The Morgan fingerprint density at radius 2 is 1.80 bits per heavy atom. The molecule has 0 atom stereocenters. The first kappa shape index (κ1) is 18.4. The number of carbonyl (C=O) groups excluding carboxylic acids is 4. The summed E-state index contributed by atoms with van der Waals surface area (Å²) in [6.45, 7) is -0.989. The molecule has 0 bridgehead atoms. The number of benzene rings is 1. The molecule has 1 aromatic rings. The first-order valence-corrected chi connectivity index (χ1v) is 6.89. The Labute approximate surface area is 139 Å². The Balaban J connectivity index is 2.17. The molecule has 0 spiro atoms. The molecule has 1 heterocycles. The number of nitrogens with one attached hydrogen (secondary N) is 1. The molecule has 3 N–H and O–H groups in total. The topological polar surface area (TPSA) is 113 Å². The molecule has 1 aliphatic heterocycles. The van der Waals surface area contributed by atoms with Crippen molar-refractivity contribution < 1.29 is 32.3 Å². The monoisotopic (exact) mass is 358 g/mol. The van der Waals surface area contributed by atoms with E-state index < -0.39 is 42.0 Å². The van der Waals surface area contributed by atoms with E-state index in [0.717, 1.165) is 13.1 Å². The second-order valence-electron chi connectivity index (χ2n) is 5.21. The van der Waals surface area contributed by atoms with E-state index in [1.165, 1.54) is 6.07 Å². The molecule has 2 rings (SSSR count). The van der Waals surface area contributed by atoms with Gasteiger partial charge in [0.05, 0.1) is 5.56 Å². The number of imide groups is 2. The number of anilines is 1. The van der Waals surface area contributed by atoms with Crippen molar-refractivity contribution in [2.75, 3.05) is 18.9 Å². The fourth-order valence-corrected chi connectivity index (χ4v) is 2.14. The van der Waals surface area contributed by atoms with Crippen LogP contribution >= 0.6 is 0 Å². The zero-order valence-corrected chi connectivity index (χ0v) is 12.9. The molecule has 0 aromatic heterocycles. The van der Waals surface area contributed by atoms with Crippen molar-refractivity contribution in [1.29, 1.82) is 0 Å². The molecule has 0 radical (unpaired) electrons. The molecule has 5 amide bonds. The van der Waals surface area contributed by atoms with Gasteiger partial charge in [0.15, 0.2) is 0 Å². The van der Waals surface area contributed by atoms with Gasteiger partial charge in [0, 0.05) is 19.3 Å². The minimum absolute atomic E-state index is 0.133. The summed E-state index contributed by atoms with van der Waals surface area (Å²) in [5, 5.41) is 2.16. The summed E-state index contributed by atoms with van der Waals surface area (Å²) in [4.78, 5) is 47.4. The summed E-state index contributed by atoms with van der Waals surface area (Å²) in [5.41, 5.74) is 4.27. The van der Waals surface area contributed by atoms with E-state index in [9.17, 15) is 32.3 Å². The highest BCUT2D eigenvalue weighted by Gasteiger charge is 2.43. The van der Waals surface area contributed by atoms with Gasteiger partial charge in [-0.1, -0.05) is 0 Å². The lowest BCUT2D eigenvalue weighted by atomic mass is 10.1. The number of nitrogens with two attached hydrogens (primary N) is 1. The molecule has 25 heavy (non-hydrogen) atoms. The van der Waals surface area contributed by atoms with E-state index in [1.807, 2.05) is 0 Å². The number of alkyl halides is 3. The number of carbonyl (C=O) groups is 4. The minimum atomic E-state index is -4.64. The van der Waals surface area contributed by atoms with Crippen LogP contribution in [0.1, 0.15) is 11.1 Å². The maximum Gasteiger partial charge on any atom is 0.416 e. The van der Waals surface area contributed by atoms with Crippen molar-refractivity contribution in [2.45, 2.75) is 12.7 Å². The van der Waals surface area contributed by atoms with E-state index in [4.69, 9.17) is 5.73 Å². The van der Waals surface area contributed by atoms with Gasteiger partial charge >= 0.3 is 24.0 Å². The molecule has 1 aromatic carbocycles. The molecule has 1 saturated heterocycles. The number of halogens is 3. The lowest BCUT2D eigenvalue weighted by Gasteiger charge is -2.15. The second-order valence-corrected chi connectivity index (χ2v) is 5.21. The minimum Gasteiger partial charge on any atom is -0.326 e. The van der Waals surface area contributed by atoms with E-state index in [2.05, 4.69) is 5.32 Å². The van der Waals surface area contributed by atoms with Crippen LogP contribution in [0.25, 0.3) is 0 Å². The largest absolute Gasteiger partial charge is 0.416 e. The maximum atomic E-state index is 12.8. The third-order valence-corrected chi connectivity index (χ3v) is 3.39. The van der Waals surface area contributed by atoms with E-state index in [1.54, 1.807) is 0 Å². The molecular formula is C14H13F3N4O4. The molecule has 1 aliphatic rings. The predicted octanol–water partition coefficient (Wildman–Crippen LogP) is 0.523. The third-order valence-electron chi connectivity index (χ3n) is 3.39. The average Bonchev–Trinajstić information content (AvgIpc) is 2.71. The number of likely N-dealkylation sites (N-methyl/N-ethyl adjacent to an activating group) is 1. The quantitative estimate of drug-likeness (QED) is 0.602. The molecule has 0 saturated carbocycles. The summed E-state index contributed by atoms with van der Waals surface area (Å²) in [5.74, 6) is -3.22. The highest BCUT2D eigenvalue weighted by Crippen LogP contribution is 2.32. The van der Waals surface area contributed by atoms with E-state index >= 15 is 0 Å². The fraction of sp³-hybridized carbons (Fsp3) is 0.286. The van der Waals surface area contributed by atoms with Crippen LogP contribution in [-0.4, -0.2) is 47.1 Å². The molecule has 1 fully saturated rings. The molecule has 8 nitrogen and oxygen atoms in total. The lowest BCUT2D eigenvalue weighted by molar-refractivity contribution is -0.143. The molecule has 134 valence electrons. The summed E-state index contributed by atoms with van der Waals surface area (Å²) in [6.07, 6.45) is -4.64. The summed E-state index contributed by atoms with van der Waals surface area (Å²) >= 11 is 0. The summed E-state index contributed by atoms with van der Waals surface area (Å²) in [6, 6.07) is 1.79. The van der Waals surface area contributed by atoms with Gasteiger partial charge in [-0.15, -0.1) is 0 Å². The second kappa shape index (κ2) is 6.51. The molecule has 0 unspecified atom stereocenters. The zero-order valence-electron chi connectivity index (χ0n) is 12.9. The van der Waals surface area contributed by atoms with Crippen molar-refractivity contribution in [3.63, 3.8) is 0 Å². The van der Waals surface area contributed by atoms with Gasteiger partial charge in [0.25, 0.3) is 0 Å². The summed E-state index contributed by atoms with van der Waals surface area (Å²) < 4.78 is 38.5. The highest BCUT2D eigenvalue weighted by molar-refractivity contribution is 6.44. The zero-order chi connectivity index (χ0) is 18.9. The van der Waals surface area contributed by atoms with Crippen LogP contribution in [-0.2, 0) is 27.1 Å². The van der Waals surface area contributed by atoms with Crippen LogP contribution in [0.2, 0.25) is 0 Å². The number of hydrogen-bond acceptors (Lipinski definition) is 5. The third kappa shape index (κ3) is 3.76.